The molecule has 0 saturated heterocycles. The third kappa shape index (κ3) is 3.74. The van der Waals surface area contributed by atoms with Gasteiger partial charge in [0.05, 0.1) is 4.90 Å². The first kappa shape index (κ1) is 22.7. The van der Waals surface area contributed by atoms with Crippen LogP contribution in [0.25, 0.3) is 54.6 Å². The van der Waals surface area contributed by atoms with Crippen LogP contribution in [0.15, 0.2) is 102 Å². The molecule has 0 amide bonds. The molecule has 36 heavy (non-hydrogen) atoms. The fourth-order valence-electron chi connectivity index (χ4n) is 5.51. The number of hydrogen-bond acceptors (Lipinski definition) is 2. The van der Waals surface area contributed by atoms with Gasteiger partial charge in [0, 0.05) is 0 Å². The van der Waals surface area contributed by atoms with Gasteiger partial charge in [-0.2, -0.15) is 0 Å². The molecule has 0 atom stereocenters. The molecular weight excluding hydrogens is 462 g/mol. The summed E-state index contributed by atoms with van der Waals surface area (Å²) in [7, 11) is -3.78. The van der Waals surface area contributed by atoms with Crippen LogP contribution >= 0.6 is 0 Å². The van der Waals surface area contributed by atoms with E-state index in [2.05, 4.69) is 79.7 Å². The number of nitrogens with two attached hydrogens (primary N) is 1. The highest BCUT2D eigenvalue weighted by Gasteiger charge is 2.18. The van der Waals surface area contributed by atoms with E-state index in [1.54, 1.807) is 6.07 Å². The summed E-state index contributed by atoms with van der Waals surface area (Å²) in [6, 6.07) is 33.6. The Hall–Kier alpha value is -3.73. The second-order valence-corrected chi connectivity index (χ2v) is 11.0. The maximum atomic E-state index is 12.2. The second kappa shape index (κ2) is 8.74. The van der Waals surface area contributed by atoms with Gasteiger partial charge in [0.25, 0.3) is 0 Å². The first-order valence-corrected chi connectivity index (χ1v) is 13.9. The zero-order valence-corrected chi connectivity index (χ0v) is 21.0. The summed E-state index contributed by atoms with van der Waals surface area (Å²) in [4.78, 5) is 0.227. The molecule has 0 bridgehead atoms. The molecule has 6 aromatic rings. The van der Waals surface area contributed by atoms with Crippen molar-refractivity contribution in [1.82, 2.24) is 0 Å². The van der Waals surface area contributed by atoms with E-state index in [-0.39, 0.29) is 4.90 Å². The quantitative estimate of drug-likeness (QED) is 0.242. The van der Waals surface area contributed by atoms with Crippen molar-refractivity contribution in [3.05, 3.63) is 103 Å². The van der Waals surface area contributed by atoms with E-state index in [0.717, 1.165) is 29.5 Å². The lowest BCUT2D eigenvalue weighted by atomic mass is 9.87. The second-order valence-electron chi connectivity index (χ2n) is 9.49. The molecule has 0 aliphatic heterocycles. The van der Waals surface area contributed by atoms with Crippen LogP contribution in [0.2, 0.25) is 0 Å². The van der Waals surface area contributed by atoms with Gasteiger partial charge < -0.3 is 0 Å². The van der Waals surface area contributed by atoms with E-state index < -0.39 is 10.0 Å². The number of sulfonamides is 1. The Balaban J connectivity index is 1.62. The van der Waals surface area contributed by atoms with Gasteiger partial charge in [-0.15, -0.1) is 0 Å². The van der Waals surface area contributed by atoms with Crippen molar-refractivity contribution in [1.29, 1.82) is 0 Å². The lowest BCUT2D eigenvalue weighted by Gasteiger charge is -2.17. The Kier molecular flexibility index (Phi) is 5.51. The topological polar surface area (TPSA) is 60.2 Å². The van der Waals surface area contributed by atoms with E-state index >= 15 is 0 Å². The molecule has 0 aliphatic carbocycles. The van der Waals surface area contributed by atoms with Crippen molar-refractivity contribution in [2.24, 2.45) is 5.14 Å². The molecule has 6 rings (SSSR count). The SMILES string of the molecule is CCCCc1cc(-c2ccc3ccc4c(-c5ccccc5)ccc5ccc2c3c54)ccc1S(N)(=O)=O. The maximum Gasteiger partial charge on any atom is 0.238 e. The van der Waals surface area contributed by atoms with Gasteiger partial charge in [0.15, 0.2) is 0 Å². The first-order chi connectivity index (χ1) is 17.5. The normalized spacial score (nSPS) is 12.2. The smallest absolute Gasteiger partial charge is 0.225 e. The average molecular weight is 490 g/mol. The van der Waals surface area contributed by atoms with Gasteiger partial charge in [-0.25, -0.2) is 13.6 Å². The number of rotatable bonds is 6. The largest absolute Gasteiger partial charge is 0.238 e. The minimum atomic E-state index is -3.78. The molecule has 0 saturated carbocycles. The predicted octanol–water partition coefficient (Wildman–Crippen LogP) is 7.91. The standard InChI is InChI=1S/C32H27NO2S/c1-2-3-7-25-20-24(14-19-30(25)36(33,34)35)27-16-11-23-12-17-28-26(21-8-5-4-6-9-21)15-10-22-13-18-29(27)32(23)31(22)28/h4-6,8-20H,2-3,7H2,1H3,(H2,33,34,35). The zero-order valence-electron chi connectivity index (χ0n) is 20.2. The fraction of sp³-hybridized carbons (Fsp3) is 0.125. The molecule has 0 heterocycles. The van der Waals surface area contributed by atoms with Gasteiger partial charge in [-0.3, -0.25) is 0 Å². The summed E-state index contributed by atoms with van der Waals surface area (Å²) < 4.78 is 24.5. The molecular formula is C32H27NO2S. The van der Waals surface area contributed by atoms with Gasteiger partial charge in [0.1, 0.15) is 0 Å². The third-order valence-corrected chi connectivity index (χ3v) is 8.24. The summed E-state index contributed by atoms with van der Waals surface area (Å²) >= 11 is 0. The average Bonchev–Trinajstić information content (AvgIpc) is 2.90. The van der Waals surface area contributed by atoms with E-state index in [1.807, 2.05) is 18.2 Å². The van der Waals surface area contributed by atoms with E-state index in [9.17, 15) is 8.42 Å². The van der Waals surface area contributed by atoms with Crippen molar-refractivity contribution >= 4 is 42.3 Å². The first-order valence-electron chi connectivity index (χ1n) is 12.4. The highest BCUT2D eigenvalue weighted by atomic mass is 32.2. The molecule has 0 fully saturated rings. The van der Waals surface area contributed by atoms with Crippen LogP contribution in [-0.2, 0) is 16.4 Å². The van der Waals surface area contributed by atoms with Gasteiger partial charge >= 0.3 is 0 Å². The maximum absolute atomic E-state index is 12.2. The van der Waals surface area contributed by atoms with Crippen LogP contribution in [0.3, 0.4) is 0 Å². The predicted molar refractivity (Wildman–Crippen MR) is 151 cm³/mol. The number of hydrogen-bond donors (Lipinski definition) is 1. The molecule has 6 aromatic carbocycles. The highest BCUT2D eigenvalue weighted by Crippen LogP contribution is 2.42. The molecule has 0 aliphatic rings. The molecule has 3 nitrogen and oxygen atoms in total. The third-order valence-electron chi connectivity index (χ3n) is 7.23. The van der Waals surface area contributed by atoms with Gasteiger partial charge in [0.2, 0.25) is 10.0 Å². The van der Waals surface area contributed by atoms with Crippen LogP contribution in [-0.4, -0.2) is 8.42 Å². The molecule has 178 valence electrons. The lowest BCUT2D eigenvalue weighted by Crippen LogP contribution is -2.14. The highest BCUT2D eigenvalue weighted by molar-refractivity contribution is 7.89. The van der Waals surface area contributed by atoms with E-state index in [4.69, 9.17) is 5.14 Å². The summed E-state index contributed by atoms with van der Waals surface area (Å²) in [6.45, 7) is 2.10. The minimum Gasteiger partial charge on any atom is -0.225 e. The molecule has 2 N–H and O–H groups in total. The lowest BCUT2D eigenvalue weighted by molar-refractivity contribution is 0.596. The summed E-state index contributed by atoms with van der Waals surface area (Å²) in [5.41, 5.74) is 5.32. The minimum absolute atomic E-state index is 0.227. The molecule has 0 aromatic heterocycles. The van der Waals surface area contributed by atoms with Crippen molar-refractivity contribution < 1.29 is 8.42 Å². The number of primary sulfonamides is 1. The Labute approximate surface area is 211 Å². The molecule has 0 spiro atoms. The summed E-state index contributed by atoms with van der Waals surface area (Å²) in [5, 5.41) is 12.9. The van der Waals surface area contributed by atoms with E-state index in [0.29, 0.717) is 6.42 Å². The Morgan fingerprint density at radius 2 is 1.25 bits per heavy atom. The molecule has 0 radical (unpaired) electrons. The number of unbranched alkanes of at least 4 members (excludes halogenated alkanes) is 1. The Bertz CT molecular complexity index is 1840. The summed E-state index contributed by atoms with van der Waals surface area (Å²) in [5.74, 6) is 0. The van der Waals surface area contributed by atoms with Crippen molar-refractivity contribution in [2.75, 3.05) is 0 Å². The molecule has 4 heteroatoms. The fourth-order valence-corrected chi connectivity index (χ4v) is 6.29. The Morgan fingerprint density at radius 1 is 0.667 bits per heavy atom. The summed E-state index contributed by atoms with van der Waals surface area (Å²) in [6.07, 6.45) is 2.58. The number of benzene rings is 6. The van der Waals surface area contributed by atoms with Crippen molar-refractivity contribution in [3.8, 4) is 22.3 Å². The van der Waals surface area contributed by atoms with Crippen LogP contribution in [0, 0.1) is 0 Å². The monoisotopic (exact) mass is 489 g/mol. The van der Waals surface area contributed by atoms with Crippen molar-refractivity contribution in [2.45, 2.75) is 31.1 Å². The zero-order chi connectivity index (χ0) is 24.9. The van der Waals surface area contributed by atoms with Crippen LogP contribution in [0.4, 0.5) is 0 Å². The number of aryl methyl sites for hydroxylation is 1. The van der Waals surface area contributed by atoms with Crippen LogP contribution < -0.4 is 5.14 Å². The van der Waals surface area contributed by atoms with Crippen molar-refractivity contribution in [3.63, 3.8) is 0 Å². The molecule has 0 unspecified atom stereocenters. The van der Waals surface area contributed by atoms with Gasteiger partial charge in [-0.1, -0.05) is 98.3 Å². The van der Waals surface area contributed by atoms with Crippen LogP contribution in [0.5, 0.6) is 0 Å². The van der Waals surface area contributed by atoms with Gasteiger partial charge in [-0.05, 0) is 85.1 Å². The Morgan fingerprint density at radius 3 is 1.83 bits per heavy atom. The van der Waals surface area contributed by atoms with E-state index in [1.165, 1.54) is 43.4 Å². The van der Waals surface area contributed by atoms with Crippen LogP contribution in [0.1, 0.15) is 25.3 Å².